The molecule has 2 rings (SSSR count). The fraction of sp³-hybridized carbons (Fsp3) is 0.438. The monoisotopic (exact) mass is 320 g/mol. The maximum atomic E-state index is 12.3. The summed E-state index contributed by atoms with van der Waals surface area (Å²) in [7, 11) is 0. The van der Waals surface area contributed by atoms with Crippen LogP contribution in [0.1, 0.15) is 30.6 Å². The average molecular weight is 320 g/mol. The number of amides is 2. The Kier molecular flexibility index (Phi) is 5.33. The number of fused-ring (bicyclic) bond motifs is 1. The normalized spacial score (nSPS) is 16.6. The lowest BCUT2D eigenvalue weighted by Crippen LogP contribution is -2.49. The van der Waals surface area contributed by atoms with E-state index in [9.17, 15) is 14.4 Å². The van der Waals surface area contributed by atoms with Gasteiger partial charge in [-0.3, -0.25) is 19.3 Å². The van der Waals surface area contributed by atoms with E-state index in [2.05, 4.69) is 5.32 Å². The second-order valence-electron chi connectivity index (χ2n) is 5.35. The molecular formula is C16H20N2O5. The summed E-state index contributed by atoms with van der Waals surface area (Å²) in [6.07, 6.45) is -0.250. The Hall–Kier alpha value is -2.41. The van der Waals surface area contributed by atoms with Gasteiger partial charge in [0.1, 0.15) is 12.3 Å². The molecule has 124 valence electrons. The number of aliphatic hydroxyl groups excluding tert-OH is 1. The maximum Gasteiger partial charge on any atom is 0.268 e. The molecule has 1 unspecified atom stereocenters. The molecule has 0 aromatic heterocycles. The van der Waals surface area contributed by atoms with E-state index in [1.165, 1.54) is 11.8 Å². The van der Waals surface area contributed by atoms with Crippen molar-refractivity contribution >= 4 is 23.3 Å². The number of ether oxygens (including phenoxy) is 1. The van der Waals surface area contributed by atoms with E-state index < -0.39 is 6.10 Å². The van der Waals surface area contributed by atoms with Crippen LogP contribution in [-0.2, 0) is 9.59 Å². The van der Waals surface area contributed by atoms with Crippen LogP contribution in [0.25, 0.3) is 0 Å². The van der Waals surface area contributed by atoms with Crippen molar-refractivity contribution in [2.75, 3.05) is 24.6 Å². The third kappa shape index (κ3) is 3.87. The van der Waals surface area contributed by atoms with Gasteiger partial charge in [-0.05, 0) is 38.5 Å². The molecule has 7 heteroatoms. The number of anilines is 1. The molecule has 0 saturated heterocycles. The molecule has 0 spiro atoms. The van der Waals surface area contributed by atoms with Crippen molar-refractivity contribution in [2.45, 2.75) is 26.4 Å². The molecule has 23 heavy (non-hydrogen) atoms. The number of nitrogens with zero attached hydrogens (tertiary/aromatic N) is 1. The summed E-state index contributed by atoms with van der Waals surface area (Å²) in [5.74, 6) is -0.341. The highest BCUT2D eigenvalue weighted by molar-refractivity contribution is 6.05. The number of carbonyl (C=O) groups excluding carboxylic acids is 3. The molecule has 1 aliphatic rings. The second-order valence-corrected chi connectivity index (χ2v) is 5.35. The minimum Gasteiger partial charge on any atom is -0.479 e. The first kappa shape index (κ1) is 17.0. The minimum absolute atomic E-state index is 0.0153. The van der Waals surface area contributed by atoms with Crippen molar-refractivity contribution in [3.63, 3.8) is 0 Å². The number of rotatable bonds is 6. The Morgan fingerprint density at radius 2 is 2.13 bits per heavy atom. The second kappa shape index (κ2) is 7.23. The predicted octanol–water partition coefficient (Wildman–Crippen LogP) is 0.502. The highest BCUT2D eigenvalue weighted by Crippen LogP contribution is 2.34. The van der Waals surface area contributed by atoms with Crippen LogP contribution in [0.5, 0.6) is 5.75 Å². The van der Waals surface area contributed by atoms with Crippen LogP contribution in [0, 0.1) is 0 Å². The largest absolute Gasteiger partial charge is 0.479 e. The lowest BCUT2D eigenvalue weighted by molar-refractivity contribution is -0.128. The van der Waals surface area contributed by atoms with Crippen molar-refractivity contribution in [1.29, 1.82) is 0 Å². The standard InChI is InChI=1S/C16H20N2O5/c1-10(20)12-4-5-14-13(8-12)18(16(22)11(2)23-14)9-15(21)17-6-3-7-19/h4-5,8,11,19H,3,6-7,9H2,1-2H3,(H,17,21). The highest BCUT2D eigenvalue weighted by atomic mass is 16.5. The van der Waals surface area contributed by atoms with Crippen LogP contribution < -0.4 is 15.0 Å². The molecule has 0 aliphatic carbocycles. The van der Waals surface area contributed by atoms with Gasteiger partial charge in [-0.2, -0.15) is 0 Å². The van der Waals surface area contributed by atoms with Gasteiger partial charge in [-0.1, -0.05) is 0 Å². The Labute approximate surface area is 134 Å². The summed E-state index contributed by atoms with van der Waals surface area (Å²) in [4.78, 5) is 37.2. The summed E-state index contributed by atoms with van der Waals surface area (Å²) in [5.41, 5.74) is 0.860. The van der Waals surface area contributed by atoms with Gasteiger partial charge < -0.3 is 15.2 Å². The van der Waals surface area contributed by atoms with Crippen molar-refractivity contribution in [3.8, 4) is 5.75 Å². The molecule has 0 saturated carbocycles. The van der Waals surface area contributed by atoms with Gasteiger partial charge in [0, 0.05) is 18.7 Å². The SMILES string of the molecule is CC(=O)c1ccc2c(c1)N(CC(=O)NCCCO)C(=O)C(C)O2. The molecule has 1 heterocycles. The van der Waals surface area contributed by atoms with Crippen LogP contribution >= 0.6 is 0 Å². The molecule has 0 radical (unpaired) electrons. The van der Waals surface area contributed by atoms with Crippen LogP contribution in [0.2, 0.25) is 0 Å². The number of aliphatic hydroxyl groups is 1. The number of nitrogens with one attached hydrogen (secondary N) is 1. The Balaban J connectivity index is 2.24. The van der Waals surface area contributed by atoms with Crippen molar-refractivity contribution in [1.82, 2.24) is 5.32 Å². The number of hydrogen-bond donors (Lipinski definition) is 2. The fourth-order valence-corrected chi connectivity index (χ4v) is 2.30. The average Bonchev–Trinajstić information content (AvgIpc) is 2.51. The van der Waals surface area contributed by atoms with Gasteiger partial charge in [0.15, 0.2) is 11.9 Å². The van der Waals surface area contributed by atoms with Crippen LogP contribution in [0.3, 0.4) is 0 Å². The van der Waals surface area contributed by atoms with Crippen LogP contribution in [-0.4, -0.2) is 48.5 Å². The first-order chi connectivity index (χ1) is 10.9. The molecule has 1 atom stereocenters. The summed E-state index contributed by atoms with van der Waals surface area (Å²) in [6, 6.07) is 4.82. The summed E-state index contributed by atoms with van der Waals surface area (Å²) in [5, 5.41) is 11.4. The van der Waals surface area contributed by atoms with E-state index in [0.29, 0.717) is 30.0 Å². The molecule has 0 bridgehead atoms. The number of benzene rings is 1. The highest BCUT2D eigenvalue weighted by Gasteiger charge is 2.33. The van der Waals surface area contributed by atoms with Crippen molar-refractivity contribution in [3.05, 3.63) is 23.8 Å². The predicted molar refractivity (Wildman–Crippen MR) is 83.6 cm³/mol. The van der Waals surface area contributed by atoms with E-state index >= 15 is 0 Å². The Morgan fingerprint density at radius 3 is 2.78 bits per heavy atom. The molecule has 0 fully saturated rings. The van der Waals surface area contributed by atoms with E-state index in [-0.39, 0.29) is 30.7 Å². The maximum absolute atomic E-state index is 12.3. The molecule has 1 aromatic carbocycles. The minimum atomic E-state index is -0.698. The van der Waals surface area contributed by atoms with Crippen molar-refractivity contribution < 1.29 is 24.2 Å². The van der Waals surface area contributed by atoms with Gasteiger partial charge in [-0.15, -0.1) is 0 Å². The lowest BCUT2D eigenvalue weighted by Gasteiger charge is -2.32. The fourth-order valence-electron chi connectivity index (χ4n) is 2.30. The topological polar surface area (TPSA) is 95.9 Å². The molecule has 1 aromatic rings. The van der Waals surface area contributed by atoms with Gasteiger partial charge in [-0.25, -0.2) is 0 Å². The number of hydrogen-bond acceptors (Lipinski definition) is 5. The first-order valence-electron chi connectivity index (χ1n) is 7.44. The van der Waals surface area contributed by atoms with E-state index in [1.807, 2.05) is 0 Å². The number of ketones is 1. The van der Waals surface area contributed by atoms with Crippen LogP contribution in [0.4, 0.5) is 5.69 Å². The summed E-state index contributed by atoms with van der Waals surface area (Å²) >= 11 is 0. The molecule has 1 aliphatic heterocycles. The quantitative estimate of drug-likeness (QED) is 0.588. The molecule has 7 nitrogen and oxygen atoms in total. The zero-order chi connectivity index (χ0) is 17.0. The van der Waals surface area contributed by atoms with E-state index in [4.69, 9.17) is 9.84 Å². The number of carbonyl (C=O) groups is 3. The van der Waals surface area contributed by atoms with Crippen LogP contribution in [0.15, 0.2) is 18.2 Å². The van der Waals surface area contributed by atoms with E-state index in [1.54, 1.807) is 25.1 Å². The molecule has 2 amide bonds. The van der Waals surface area contributed by atoms with Crippen molar-refractivity contribution in [2.24, 2.45) is 0 Å². The smallest absolute Gasteiger partial charge is 0.268 e. The zero-order valence-corrected chi connectivity index (χ0v) is 13.2. The van der Waals surface area contributed by atoms with E-state index in [0.717, 1.165) is 0 Å². The molecule has 2 N–H and O–H groups in total. The number of Topliss-reactive ketones (excluding diaryl/α,β-unsaturated/α-hetero) is 1. The third-order valence-corrected chi connectivity index (χ3v) is 3.53. The Morgan fingerprint density at radius 1 is 1.39 bits per heavy atom. The first-order valence-corrected chi connectivity index (χ1v) is 7.44. The lowest BCUT2D eigenvalue weighted by atomic mass is 10.1. The van der Waals surface area contributed by atoms with Gasteiger partial charge in [0.2, 0.25) is 5.91 Å². The van der Waals surface area contributed by atoms with Gasteiger partial charge in [0.05, 0.1) is 5.69 Å². The zero-order valence-electron chi connectivity index (χ0n) is 13.2. The third-order valence-electron chi connectivity index (χ3n) is 3.53. The molecular weight excluding hydrogens is 300 g/mol. The summed E-state index contributed by atoms with van der Waals surface area (Å²) < 4.78 is 5.52. The van der Waals surface area contributed by atoms with Gasteiger partial charge in [0.25, 0.3) is 5.91 Å². The summed E-state index contributed by atoms with van der Waals surface area (Å²) in [6.45, 7) is 3.21. The Bertz CT molecular complexity index is 629. The van der Waals surface area contributed by atoms with Gasteiger partial charge >= 0.3 is 0 Å².